The number of para-hydroxylation sites is 1. The molecule has 1 aliphatic rings. The van der Waals surface area contributed by atoms with Gasteiger partial charge in [0.15, 0.2) is 11.8 Å². The van der Waals surface area contributed by atoms with Gasteiger partial charge in [0.1, 0.15) is 24.2 Å². The molecular formula is C19H29IN6O. The van der Waals surface area contributed by atoms with Crippen LogP contribution in [0, 0.1) is 6.92 Å². The Hall–Kier alpha value is -1.84. The van der Waals surface area contributed by atoms with Crippen LogP contribution < -0.4 is 15.4 Å². The van der Waals surface area contributed by atoms with Crippen LogP contribution in [0.3, 0.4) is 0 Å². The molecule has 2 heterocycles. The molecule has 27 heavy (non-hydrogen) atoms. The lowest BCUT2D eigenvalue weighted by molar-refractivity contribution is 0.222. The zero-order valence-electron chi connectivity index (χ0n) is 16.2. The molecule has 1 aromatic carbocycles. The van der Waals surface area contributed by atoms with Crippen molar-refractivity contribution >= 4 is 29.9 Å². The van der Waals surface area contributed by atoms with Crippen molar-refractivity contribution in [2.75, 3.05) is 13.1 Å². The molecule has 0 amide bonds. The highest BCUT2D eigenvalue weighted by Gasteiger charge is 2.16. The molecule has 2 aromatic rings. The Balaban J connectivity index is 0.00000261. The van der Waals surface area contributed by atoms with E-state index in [4.69, 9.17) is 4.74 Å². The Bertz CT molecular complexity index is 760. The number of halogens is 1. The van der Waals surface area contributed by atoms with Crippen LogP contribution in [0.5, 0.6) is 5.75 Å². The second-order valence-electron chi connectivity index (χ2n) is 6.56. The number of guanidine groups is 1. The molecule has 148 valence electrons. The van der Waals surface area contributed by atoms with E-state index in [1.807, 2.05) is 18.2 Å². The summed E-state index contributed by atoms with van der Waals surface area (Å²) < 4.78 is 8.19. The average Bonchev–Trinajstić information content (AvgIpc) is 3.23. The van der Waals surface area contributed by atoms with Crippen molar-refractivity contribution in [3.8, 4) is 5.75 Å². The van der Waals surface area contributed by atoms with E-state index in [2.05, 4.69) is 57.2 Å². The molecule has 7 nitrogen and oxygen atoms in total. The standard InChI is InChI=1S/C19H28N6O.HI/c1-4-20-19(22-13-18-24-23-17-10-7-11-25(17)18)21-12-15(3)26-16-9-6-5-8-14(16)2;/h5-6,8-9,15H,4,7,10-13H2,1-3H3,(H2,20,21,22);1H. The van der Waals surface area contributed by atoms with Crippen LogP contribution in [0.2, 0.25) is 0 Å². The van der Waals surface area contributed by atoms with Crippen molar-refractivity contribution in [2.45, 2.75) is 52.8 Å². The van der Waals surface area contributed by atoms with E-state index in [-0.39, 0.29) is 30.1 Å². The van der Waals surface area contributed by atoms with Crippen LogP contribution in [0.1, 0.15) is 37.5 Å². The number of rotatable bonds is 7. The molecule has 0 saturated carbocycles. The van der Waals surface area contributed by atoms with Gasteiger partial charge in [-0.2, -0.15) is 0 Å². The minimum absolute atomic E-state index is 0. The van der Waals surface area contributed by atoms with Gasteiger partial charge >= 0.3 is 0 Å². The molecule has 1 atom stereocenters. The van der Waals surface area contributed by atoms with Crippen LogP contribution in [0.25, 0.3) is 0 Å². The maximum atomic E-state index is 6.01. The van der Waals surface area contributed by atoms with Crippen LogP contribution in [-0.2, 0) is 19.5 Å². The number of hydrogen-bond acceptors (Lipinski definition) is 4. The third kappa shape index (κ3) is 5.82. The fourth-order valence-corrected chi connectivity index (χ4v) is 3.01. The number of aromatic nitrogens is 3. The van der Waals surface area contributed by atoms with Gasteiger partial charge in [-0.3, -0.25) is 0 Å². The van der Waals surface area contributed by atoms with E-state index in [0.717, 1.165) is 54.9 Å². The van der Waals surface area contributed by atoms with Gasteiger partial charge in [0.25, 0.3) is 0 Å². The first-order valence-corrected chi connectivity index (χ1v) is 9.32. The first-order valence-electron chi connectivity index (χ1n) is 9.32. The summed E-state index contributed by atoms with van der Waals surface area (Å²) in [6.07, 6.45) is 2.19. The number of aryl methyl sites for hydroxylation is 2. The Morgan fingerprint density at radius 3 is 2.89 bits per heavy atom. The summed E-state index contributed by atoms with van der Waals surface area (Å²) in [5.74, 6) is 3.69. The number of hydrogen-bond donors (Lipinski definition) is 2. The van der Waals surface area contributed by atoms with E-state index in [9.17, 15) is 0 Å². The molecule has 8 heteroatoms. The number of ether oxygens (including phenoxy) is 1. The lowest BCUT2D eigenvalue weighted by atomic mass is 10.2. The Morgan fingerprint density at radius 1 is 1.30 bits per heavy atom. The van der Waals surface area contributed by atoms with Gasteiger partial charge in [-0.25, -0.2) is 4.99 Å². The SMILES string of the molecule is CCNC(=NCc1nnc2n1CCC2)NCC(C)Oc1ccccc1C.I. The fraction of sp³-hybridized carbons (Fsp3) is 0.526. The van der Waals surface area contributed by atoms with E-state index < -0.39 is 0 Å². The molecule has 1 aliphatic heterocycles. The van der Waals surface area contributed by atoms with Crippen molar-refractivity contribution in [2.24, 2.45) is 4.99 Å². The summed E-state index contributed by atoms with van der Waals surface area (Å²) in [6, 6.07) is 8.06. The monoisotopic (exact) mass is 484 g/mol. The average molecular weight is 484 g/mol. The predicted molar refractivity (Wildman–Crippen MR) is 118 cm³/mol. The van der Waals surface area contributed by atoms with Gasteiger partial charge in [0.05, 0.1) is 6.54 Å². The highest BCUT2D eigenvalue weighted by Crippen LogP contribution is 2.17. The topological polar surface area (TPSA) is 76.4 Å². The van der Waals surface area contributed by atoms with Gasteiger partial charge in [-0.15, -0.1) is 34.2 Å². The molecule has 1 unspecified atom stereocenters. The van der Waals surface area contributed by atoms with Crippen molar-refractivity contribution in [3.05, 3.63) is 41.5 Å². The van der Waals surface area contributed by atoms with Crippen molar-refractivity contribution in [3.63, 3.8) is 0 Å². The summed E-state index contributed by atoms with van der Waals surface area (Å²) >= 11 is 0. The maximum Gasteiger partial charge on any atom is 0.191 e. The number of fused-ring (bicyclic) bond motifs is 1. The lowest BCUT2D eigenvalue weighted by Gasteiger charge is -2.18. The second-order valence-corrected chi connectivity index (χ2v) is 6.56. The highest BCUT2D eigenvalue weighted by atomic mass is 127. The zero-order chi connectivity index (χ0) is 18.4. The largest absolute Gasteiger partial charge is 0.489 e. The molecule has 0 spiro atoms. The van der Waals surface area contributed by atoms with Crippen LogP contribution >= 0.6 is 24.0 Å². The number of nitrogens with one attached hydrogen (secondary N) is 2. The first-order chi connectivity index (χ1) is 12.7. The molecule has 3 rings (SSSR count). The number of aliphatic imine (C=N–C) groups is 1. The van der Waals surface area contributed by atoms with E-state index in [1.54, 1.807) is 0 Å². The molecule has 0 radical (unpaired) electrons. The molecule has 1 aromatic heterocycles. The fourth-order valence-electron chi connectivity index (χ4n) is 3.01. The molecule has 2 N–H and O–H groups in total. The predicted octanol–water partition coefficient (Wildman–Crippen LogP) is 2.67. The Kier molecular flexibility index (Phi) is 8.33. The van der Waals surface area contributed by atoms with Gasteiger partial charge in [-0.05, 0) is 38.8 Å². The third-order valence-corrected chi connectivity index (χ3v) is 4.39. The van der Waals surface area contributed by atoms with Gasteiger partial charge in [0.2, 0.25) is 0 Å². The smallest absolute Gasteiger partial charge is 0.191 e. The van der Waals surface area contributed by atoms with E-state index in [0.29, 0.717) is 13.1 Å². The molecule has 0 bridgehead atoms. The molecule has 0 aliphatic carbocycles. The van der Waals surface area contributed by atoms with E-state index >= 15 is 0 Å². The quantitative estimate of drug-likeness (QED) is 0.359. The van der Waals surface area contributed by atoms with Gasteiger partial charge in [0, 0.05) is 19.5 Å². The number of benzene rings is 1. The summed E-state index contributed by atoms with van der Waals surface area (Å²) in [5.41, 5.74) is 1.14. The Morgan fingerprint density at radius 2 is 2.11 bits per heavy atom. The normalized spacial score (nSPS) is 14.3. The molecular weight excluding hydrogens is 455 g/mol. The van der Waals surface area contributed by atoms with Crippen LogP contribution in [0.15, 0.2) is 29.3 Å². The van der Waals surface area contributed by atoms with Crippen molar-refractivity contribution in [1.29, 1.82) is 0 Å². The highest BCUT2D eigenvalue weighted by molar-refractivity contribution is 14.0. The van der Waals surface area contributed by atoms with Crippen LogP contribution in [-0.4, -0.2) is 39.9 Å². The second kappa shape index (κ2) is 10.5. The summed E-state index contributed by atoms with van der Waals surface area (Å²) in [4.78, 5) is 4.65. The van der Waals surface area contributed by atoms with Crippen molar-refractivity contribution < 1.29 is 4.74 Å². The third-order valence-electron chi connectivity index (χ3n) is 4.39. The first kappa shape index (κ1) is 21.5. The Labute approximate surface area is 178 Å². The maximum absolute atomic E-state index is 6.01. The molecule has 0 fully saturated rings. The summed E-state index contributed by atoms with van der Waals surface area (Å²) in [6.45, 7) is 9.15. The summed E-state index contributed by atoms with van der Waals surface area (Å²) in [5, 5.41) is 15.1. The van der Waals surface area contributed by atoms with Gasteiger partial charge < -0.3 is 19.9 Å². The minimum Gasteiger partial charge on any atom is -0.489 e. The summed E-state index contributed by atoms with van der Waals surface area (Å²) in [7, 11) is 0. The zero-order valence-corrected chi connectivity index (χ0v) is 18.6. The van der Waals surface area contributed by atoms with Crippen LogP contribution in [0.4, 0.5) is 0 Å². The van der Waals surface area contributed by atoms with E-state index in [1.165, 1.54) is 0 Å². The minimum atomic E-state index is 0. The van der Waals surface area contributed by atoms with Crippen molar-refractivity contribution in [1.82, 2.24) is 25.4 Å². The van der Waals surface area contributed by atoms with Gasteiger partial charge in [-0.1, -0.05) is 18.2 Å². The lowest BCUT2D eigenvalue weighted by Crippen LogP contribution is -2.41. The number of nitrogens with zero attached hydrogens (tertiary/aromatic N) is 4. The molecule has 0 saturated heterocycles.